The van der Waals surface area contributed by atoms with E-state index in [9.17, 15) is 0 Å². The van der Waals surface area contributed by atoms with Gasteiger partial charge in [-0.25, -0.2) is 9.50 Å². The highest BCUT2D eigenvalue weighted by Gasteiger charge is 1.96. The molecule has 2 aromatic rings. The van der Waals surface area contributed by atoms with E-state index in [0.717, 1.165) is 5.52 Å². The smallest absolute Gasteiger partial charge is 0.136 e. The molecule has 4 nitrogen and oxygen atoms in total. The molecule has 0 saturated carbocycles. The third-order valence-electron chi connectivity index (χ3n) is 1.41. The van der Waals surface area contributed by atoms with Crippen LogP contribution in [0.1, 0.15) is 5.56 Å². The van der Waals surface area contributed by atoms with Crippen LogP contribution in [0.25, 0.3) is 5.52 Å². The van der Waals surface area contributed by atoms with E-state index in [1.165, 1.54) is 6.33 Å². The lowest BCUT2D eigenvalue weighted by Gasteiger charge is -1.86. The van der Waals surface area contributed by atoms with Gasteiger partial charge < -0.3 is 0 Å². The molecular weight excluding hydrogens is 140 g/mol. The molecule has 0 aliphatic carbocycles. The Balaban J connectivity index is 2.81. The zero-order valence-electron chi connectivity index (χ0n) is 5.60. The van der Waals surface area contributed by atoms with Gasteiger partial charge in [0.15, 0.2) is 0 Å². The van der Waals surface area contributed by atoms with Crippen molar-refractivity contribution in [1.82, 2.24) is 14.6 Å². The second-order valence-electron chi connectivity index (χ2n) is 2.12. The van der Waals surface area contributed by atoms with Gasteiger partial charge in [-0.05, 0) is 6.07 Å². The van der Waals surface area contributed by atoms with Crippen LogP contribution in [0.4, 0.5) is 0 Å². The lowest BCUT2D eigenvalue weighted by atomic mass is 10.4. The Bertz CT molecular complexity index is 390. The molecule has 4 heteroatoms. The molecular formula is C7H4N4. The van der Waals surface area contributed by atoms with Gasteiger partial charge in [-0.1, -0.05) is 0 Å². The van der Waals surface area contributed by atoms with E-state index in [-0.39, 0.29) is 0 Å². The summed E-state index contributed by atoms with van der Waals surface area (Å²) >= 11 is 0. The quantitative estimate of drug-likeness (QED) is 0.544. The Labute approximate surface area is 62.7 Å². The largest absolute Gasteiger partial charge is 0.241 e. The van der Waals surface area contributed by atoms with Crippen LogP contribution in [-0.4, -0.2) is 14.6 Å². The average Bonchev–Trinajstić information content (AvgIpc) is 2.46. The number of rotatable bonds is 0. The third-order valence-corrected chi connectivity index (χ3v) is 1.41. The van der Waals surface area contributed by atoms with Crippen molar-refractivity contribution in [1.29, 1.82) is 5.26 Å². The fourth-order valence-corrected chi connectivity index (χ4v) is 0.922. The van der Waals surface area contributed by atoms with Crippen molar-refractivity contribution in [3.8, 4) is 6.07 Å². The molecule has 2 heterocycles. The van der Waals surface area contributed by atoms with Crippen LogP contribution >= 0.6 is 0 Å². The zero-order valence-corrected chi connectivity index (χ0v) is 5.60. The Kier molecular flexibility index (Phi) is 1.10. The fourth-order valence-electron chi connectivity index (χ4n) is 0.922. The van der Waals surface area contributed by atoms with E-state index < -0.39 is 0 Å². The van der Waals surface area contributed by atoms with Gasteiger partial charge in [0.05, 0.1) is 17.3 Å². The summed E-state index contributed by atoms with van der Waals surface area (Å²) in [6.45, 7) is 0. The molecule has 0 unspecified atom stereocenters. The van der Waals surface area contributed by atoms with Crippen LogP contribution in [0, 0.1) is 11.3 Å². The molecule has 0 saturated heterocycles. The minimum atomic E-state index is 0.602. The summed E-state index contributed by atoms with van der Waals surface area (Å²) in [7, 11) is 0. The third kappa shape index (κ3) is 0.829. The Hall–Kier alpha value is -1.89. The Morgan fingerprint density at radius 3 is 3.18 bits per heavy atom. The van der Waals surface area contributed by atoms with Crippen molar-refractivity contribution >= 4 is 5.52 Å². The topological polar surface area (TPSA) is 54.0 Å². The van der Waals surface area contributed by atoms with Gasteiger partial charge in [-0.2, -0.15) is 10.4 Å². The molecule has 52 valence electrons. The molecule has 0 atom stereocenters. The first-order valence-electron chi connectivity index (χ1n) is 3.08. The number of nitriles is 1. The van der Waals surface area contributed by atoms with Crippen molar-refractivity contribution in [3.05, 3.63) is 30.4 Å². The summed E-state index contributed by atoms with van der Waals surface area (Å²) in [4.78, 5) is 3.82. The molecule has 0 amide bonds. The molecule has 0 aliphatic heterocycles. The van der Waals surface area contributed by atoms with E-state index in [0.29, 0.717) is 5.56 Å². The number of hydrogen-bond donors (Lipinski definition) is 0. The maximum Gasteiger partial charge on any atom is 0.136 e. The van der Waals surface area contributed by atoms with Crippen molar-refractivity contribution in [2.24, 2.45) is 0 Å². The summed E-state index contributed by atoms with van der Waals surface area (Å²) in [5.41, 5.74) is 1.44. The summed E-state index contributed by atoms with van der Waals surface area (Å²) in [5.74, 6) is 0. The predicted octanol–water partition coefficient (Wildman–Crippen LogP) is 0.601. The monoisotopic (exact) mass is 144 g/mol. The minimum Gasteiger partial charge on any atom is -0.241 e. The molecule has 0 radical (unpaired) electrons. The Morgan fingerprint density at radius 2 is 2.45 bits per heavy atom. The van der Waals surface area contributed by atoms with Crippen LogP contribution in [-0.2, 0) is 0 Å². The highest BCUT2D eigenvalue weighted by atomic mass is 15.2. The van der Waals surface area contributed by atoms with E-state index >= 15 is 0 Å². The van der Waals surface area contributed by atoms with Crippen LogP contribution in [0.5, 0.6) is 0 Å². The fraction of sp³-hybridized carbons (Fsp3) is 0. The van der Waals surface area contributed by atoms with Crippen molar-refractivity contribution in [2.45, 2.75) is 0 Å². The highest BCUT2D eigenvalue weighted by molar-refractivity contribution is 5.50. The minimum absolute atomic E-state index is 0.602. The maximum absolute atomic E-state index is 8.53. The number of aromatic nitrogens is 3. The van der Waals surface area contributed by atoms with E-state index in [1.54, 1.807) is 23.0 Å². The first kappa shape index (κ1) is 5.86. The van der Waals surface area contributed by atoms with Crippen molar-refractivity contribution < 1.29 is 0 Å². The summed E-state index contributed by atoms with van der Waals surface area (Å²) in [6.07, 6.45) is 4.76. The van der Waals surface area contributed by atoms with Gasteiger partial charge >= 0.3 is 0 Å². The van der Waals surface area contributed by atoms with E-state index in [2.05, 4.69) is 10.1 Å². The molecule has 0 aromatic carbocycles. The second kappa shape index (κ2) is 2.06. The summed E-state index contributed by atoms with van der Waals surface area (Å²) in [6, 6.07) is 3.76. The van der Waals surface area contributed by atoms with Gasteiger partial charge in [0.2, 0.25) is 0 Å². The first-order valence-corrected chi connectivity index (χ1v) is 3.08. The lowest BCUT2D eigenvalue weighted by molar-refractivity contribution is 0.902. The van der Waals surface area contributed by atoms with E-state index in [4.69, 9.17) is 5.26 Å². The standard InChI is InChI=1S/C7H4N4/c8-2-6-1-7-3-9-5-10-11(7)4-6/h1,3-5H. The molecule has 0 bridgehead atoms. The molecule has 2 rings (SSSR count). The zero-order chi connectivity index (χ0) is 7.68. The highest BCUT2D eigenvalue weighted by Crippen LogP contribution is 2.04. The second-order valence-corrected chi connectivity index (χ2v) is 2.12. The maximum atomic E-state index is 8.53. The van der Waals surface area contributed by atoms with Crippen LogP contribution < -0.4 is 0 Å². The normalized spacial score (nSPS) is 9.73. The van der Waals surface area contributed by atoms with E-state index in [1.807, 2.05) is 6.07 Å². The molecule has 0 spiro atoms. The van der Waals surface area contributed by atoms with Crippen LogP contribution in [0.15, 0.2) is 24.8 Å². The van der Waals surface area contributed by atoms with Gasteiger partial charge in [0, 0.05) is 6.20 Å². The summed E-state index contributed by atoms with van der Waals surface area (Å²) < 4.78 is 1.62. The Morgan fingerprint density at radius 1 is 1.55 bits per heavy atom. The summed E-state index contributed by atoms with van der Waals surface area (Å²) in [5, 5.41) is 12.4. The molecule has 2 aromatic heterocycles. The van der Waals surface area contributed by atoms with Crippen molar-refractivity contribution in [2.75, 3.05) is 0 Å². The number of nitrogens with zero attached hydrogens (tertiary/aromatic N) is 4. The van der Waals surface area contributed by atoms with Gasteiger partial charge in [0.1, 0.15) is 12.4 Å². The van der Waals surface area contributed by atoms with Gasteiger partial charge in [-0.15, -0.1) is 0 Å². The molecule has 0 aliphatic rings. The number of fused-ring (bicyclic) bond motifs is 1. The SMILES string of the molecule is N#Cc1cc2cncnn2c1. The van der Waals surface area contributed by atoms with Crippen LogP contribution in [0.2, 0.25) is 0 Å². The van der Waals surface area contributed by atoms with Gasteiger partial charge in [-0.3, -0.25) is 0 Å². The van der Waals surface area contributed by atoms with Crippen molar-refractivity contribution in [3.63, 3.8) is 0 Å². The lowest BCUT2D eigenvalue weighted by Crippen LogP contribution is -1.87. The average molecular weight is 144 g/mol. The molecule has 11 heavy (non-hydrogen) atoms. The molecule has 0 fully saturated rings. The predicted molar refractivity (Wildman–Crippen MR) is 37.7 cm³/mol. The van der Waals surface area contributed by atoms with Gasteiger partial charge in [0.25, 0.3) is 0 Å². The molecule has 0 N–H and O–H groups in total. The number of hydrogen-bond acceptors (Lipinski definition) is 3. The first-order chi connectivity index (χ1) is 5.40. The van der Waals surface area contributed by atoms with Crippen LogP contribution in [0.3, 0.4) is 0 Å².